The monoisotopic (exact) mass is 420 g/mol. The van der Waals surface area contributed by atoms with Crippen LogP contribution in [-0.2, 0) is 18.1 Å². The van der Waals surface area contributed by atoms with Crippen LogP contribution in [0.2, 0.25) is 0 Å². The number of nitrogens with zero attached hydrogens (tertiary/aromatic N) is 3. The number of halogens is 3. The number of amides is 1. The van der Waals surface area contributed by atoms with Gasteiger partial charge in [0, 0.05) is 12.5 Å². The fourth-order valence-corrected chi connectivity index (χ4v) is 3.95. The number of alkyl halides is 3. The van der Waals surface area contributed by atoms with Crippen molar-refractivity contribution in [2.24, 2.45) is 0 Å². The minimum absolute atomic E-state index is 0.0605. The molecule has 0 saturated heterocycles. The van der Waals surface area contributed by atoms with E-state index in [1.165, 1.54) is 13.1 Å². The van der Waals surface area contributed by atoms with Gasteiger partial charge in [0.05, 0.1) is 12.1 Å². The van der Waals surface area contributed by atoms with Gasteiger partial charge in [0.2, 0.25) is 5.75 Å². The Kier molecular flexibility index (Phi) is 5.57. The first-order chi connectivity index (χ1) is 14.1. The minimum Gasteiger partial charge on any atom is -0.502 e. The van der Waals surface area contributed by atoms with E-state index >= 15 is 0 Å². The number of benzene rings is 1. The summed E-state index contributed by atoms with van der Waals surface area (Å²) in [6.07, 6.45) is -1.93. The molecule has 0 aliphatic heterocycles. The molecule has 2 aromatic rings. The van der Waals surface area contributed by atoms with Gasteiger partial charge in [-0.15, -0.1) is 0 Å². The van der Waals surface area contributed by atoms with Gasteiger partial charge in [0.25, 0.3) is 11.3 Å². The van der Waals surface area contributed by atoms with Gasteiger partial charge in [0.15, 0.2) is 11.4 Å². The van der Waals surface area contributed by atoms with Gasteiger partial charge in [-0.05, 0) is 24.5 Å². The number of rotatable bonds is 4. The number of hydrogen-bond acceptors (Lipinski definition) is 5. The van der Waals surface area contributed by atoms with Crippen molar-refractivity contribution in [3.63, 3.8) is 0 Å². The first-order valence-electron chi connectivity index (χ1n) is 9.27. The van der Waals surface area contributed by atoms with E-state index in [1.807, 2.05) is 0 Å². The lowest BCUT2D eigenvalue weighted by atomic mass is 9.78. The summed E-state index contributed by atoms with van der Waals surface area (Å²) in [5, 5.41) is 25.8. The van der Waals surface area contributed by atoms with Crippen LogP contribution in [0.3, 0.4) is 0 Å². The summed E-state index contributed by atoms with van der Waals surface area (Å²) in [5.41, 5.74) is -3.26. The van der Waals surface area contributed by atoms with Crippen LogP contribution < -0.4 is 10.7 Å². The molecular weight excluding hydrogens is 401 g/mol. The van der Waals surface area contributed by atoms with E-state index in [-0.39, 0.29) is 6.54 Å². The average Bonchev–Trinajstić information content (AvgIpc) is 3.19. The lowest BCUT2D eigenvalue weighted by Gasteiger charge is -2.31. The van der Waals surface area contributed by atoms with E-state index in [9.17, 15) is 33.1 Å². The number of nitriles is 1. The van der Waals surface area contributed by atoms with Crippen molar-refractivity contribution in [2.45, 2.75) is 43.8 Å². The number of carbonyl (C=O) groups excluding carboxylic acids is 1. The van der Waals surface area contributed by atoms with E-state index in [0.717, 1.165) is 29.7 Å². The molecule has 30 heavy (non-hydrogen) atoms. The fourth-order valence-electron chi connectivity index (χ4n) is 3.95. The van der Waals surface area contributed by atoms with E-state index < -0.39 is 45.6 Å². The van der Waals surface area contributed by atoms with Gasteiger partial charge in [-0.3, -0.25) is 9.59 Å². The van der Waals surface area contributed by atoms with Crippen molar-refractivity contribution in [1.29, 1.82) is 5.26 Å². The molecule has 1 saturated carbocycles. The second-order valence-corrected chi connectivity index (χ2v) is 7.29. The van der Waals surface area contributed by atoms with Crippen molar-refractivity contribution >= 4 is 5.91 Å². The summed E-state index contributed by atoms with van der Waals surface area (Å²) in [4.78, 5) is 24.2. The third-order valence-corrected chi connectivity index (χ3v) is 5.50. The van der Waals surface area contributed by atoms with Crippen molar-refractivity contribution in [3.8, 4) is 11.8 Å². The first kappa shape index (κ1) is 21.4. The van der Waals surface area contributed by atoms with Crippen molar-refractivity contribution in [3.05, 3.63) is 57.0 Å². The summed E-state index contributed by atoms with van der Waals surface area (Å²) in [7, 11) is 1.28. The van der Waals surface area contributed by atoms with Crippen LogP contribution in [0.4, 0.5) is 13.2 Å². The summed E-state index contributed by atoms with van der Waals surface area (Å²) < 4.78 is 40.7. The number of aromatic hydroxyl groups is 1. The van der Waals surface area contributed by atoms with Gasteiger partial charge < -0.3 is 10.4 Å². The molecule has 7 nitrogen and oxygen atoms in total. The molecule has 0 radical (unpaired) electrons. The molecule has 0 spiro atoms. The Balaban J connectivity index is 2.15. The van der Waals surface area contributed by atoms with Crippen LogP contribution in [0.5, 0.6) is 5.75 Å². The Hall–Kier alpha value is -3.35. The quantitative estimate of drug-likeness (QED) is 0.791. The normalized spacial score (nSPS) is 15.6. The lowest BCUT2D eigenvalue weighted by molar-refractivity contribution is -0.137. The molecule has 1 fully saturated rings. The van der Waals surface area contributed by atoms with Crippen LogP contribution in [0, 0.1) is 11.3 Å². The molecule has 1 aromatic carbocycles. The SMILES string of the molecule is CNC(=O)c1nn(CC2(c3cccc(C(F)(F)F)c3)CCCC2)c(C#N)c(O)c1=O. The fraction of sp³-hybridized carbons (Fsp3) is 0.400. The average molecular weight is 420 g/mol. The predicted octanol–water partition coefficient (Wildman–Crippen LogP) is 2.71. The molecule has 10 heteroatoms. The zero-order chi connectivity index (χ0) is 22.1. The van der Waals surface area contributed by atoms with Crippen LogP contribution in [0.1, 0.15) is 53.0 Å². The van der Waals surface area contributed by atoms with Crippen molar-refractivity contribution in [1.82, 2.24) is 15.1 Å². The standard InChI is InChI=1S/C20H19F3N4O3/c1-25-18(30)15-17(29)16(28)14(10-24)27(26-15)11-19(7-2-3-8-19)12-5-4-6-13(9-12)20(21,22)23/h4-6,9,28H,2-3,7-8,11H2,1H3,(H,25,30). The Morgan fingerprint density at radius 2 is 2.03 bits per heavy atom. The Morgan fingerprint density at radius 1 is 1.37 bits per heavy atom. The van der Waals surface area contributed by atoms with Gasteiger partial charge in [-0.1, -0.05) is 31.0 Å². The zero-order valence-electron chi connectivity index (χ0n) is 16.1. The van der Waals surface area contributed by atoms with Gasteiger partial charge >= 0.3 is 6.18 Å². The van der Waals surface area contributed by atoms with Crippen LogP contribution in [-0.4, -0.2) is 27.8 Å². The highest BCUT2D eigenvalue weighted by Gasteiger charge is 2.39. The van der Waals surface area contributed by atoms with Crippen LogP contribution >= 0.6 is 0 Å². The predicted molar refractivity (Wildman–Crippen MR) is 99.9 cm³/mol. The number of aromatic nitrogens is 2. The minimum atomic E-state index is -4.51. The lowest BCUT2D eigenvalue weighted by Crippen LogP contribution is -2.35. The summed E-state index contributed by atoms with van der Waals surface area (Å²) in [6, 6.07) is 6.70. The van der Waals surface area contributed by atoms with Gasteiger partial charge in [-0.2, -0.15) is 23.5 Å². The third-order valence-electron chi connectivity index (χ3n) is 5.50. The zero-order valence-corrected chi connectivity index (χ0v) is 16.1. The molecule has 0 bridgehead atoms. The second-order valence-electron chi connectivity index (χ2n) is 7.29. The largest absolute Gasteiger partial charge is 0.502 e. The molecule has 1 heterocycles. The number of carbonyl (C=O) groups is 1. The highest BCUT2D eigenvalue weighted by molar-refractivity contribution is 5.92. The summed E-state index contributed by atoms with van der Waals surface area (Å²) in [5.74, 6) is -1.75. The highest BCUT2D eigenvalue weighted by Crippen LogP contribution is 2.44. The van der Waals surface area contributed by atoms with E-state index in [0.29, 0.717) is 18.4 Å². The number of hydrogen-bond donors (Lipinski definition) is 2. The molecule has 0 unspecified atom stereocenters. The van der Waals surface area contributed by atoms with Gasteiger partial charge in [-0.25, -0.2) is 4.68 Å². The van der Waals surface area contributed by atoms with E-state index in [1.54, 1.807) is 12.1 Å². The van der Waals surface area contributed by atoms with Crippen molar-refractivity contribution < 1.29 is 23.1 Å². The van der Waals surface area contributed by atoms with Crippen molar-refractivity contribution in [2.75, 3.05) is 7.05 Å². The molecule has 1 aromatic heterocycles. The summed E-state index contributed by atoms with van der Waals surface area (Å²) >= 11 is 0. The molecule has 158 valence electrons. The topological polar surface area (TPSA) is 108 Å². The Morgan fingerprint density at radius 3 is 2.60 bits per heavy atom. The van der Waals surface area contributed by atoms with Gasteiger partial charge in [0.1, 0.15) is 6.07 Å². The number of nitrogens with one attached hydrogen (secondary N) is 1. The van der Waals surface area contributed by atoms with E-state index in [4.69, 9.17) is 0 Å². The molecule has 2 N–H and O–H groups in total. The molecule has 3 rings (SSSR count). The molecular formula is C20H19F3N4O3. The molecule has 0 atom stereocenters. The first-order valence-corrected chi connectivity index (χ1v) is 9.27. The molecule has 1 aliphatic rings. The highest BCUT2D eigenvalue weighted by atomic mass is 19.4. The molecule has 1 aliphatic carbocycles. The third kappa shape index (κ3) is 3.75. The summed E-state index contributed by atoms with van der Waals surface area (Å²) in [6.45, 7) is -0.0605. The molecule has 1 amide bonds. The maximum Gasteiger partial charge on any atom is 0.416 e. The Bertz CT molecular complexity index is 1080. The smallest absolute Gasteiger partial charge is 0.416 e. The maximum atomic E-state index is 13.2. The van der Waals surface area contributed by atoms with E-state index in [2.05, 4.69) is 10.4 Å². The van der Waals surface area contributed by atoms with Crippen LogP contribution in [0.15, 0.2) is 29.1 Å². The Labute approximate surface area is 169 Å². The van der Waals surface area contributed by atoms with Crippen LogP contribution in [0.25, 0.3) is 0 Å². The maximum absolute atomic E-state index is 13.2. The second kappa shape index (κ2) is 7.82.